The Morgan fingerprint density at radius 3 is 1.26 bits per heavy atom. The summed E-state index contributed by atoms with van der Waals surface area (Å²) in [6.45, 7) is 21.2. The number of carbonyl (C=O) groups excluding carboxylic acids is 2. The lowest BCUT2D eigenvalue weighted by atomic mass is 10.3. The molecule has 0 heterocycles. The number of hydrogen-bond acceptors (Lipinski definition) is 8. The zero-order chi connectivity index (χ0) is 24.0. The van der Waals surface area contributed by atoms with Crippen LogP contribution in [0.4, 0.5) is 0 Å². The quantitative estimate of drug-likeness (QED) is 0.250. The molecule has 31 heavy (non-hydrogen) atoms. The van der Waals surface area contributed by atoms with Gasteiger partial charge in [0.2, 0.25) is 0 Å². The first-order chi connectivity index (χ1) is 14.4. The molecule has 0 aromatic carbocycles. The van der Waals surface area contributed by atoms with Gasteiger partial charge in [-0.2, -0.15) is 0 Å². The van der Waals surface area contributed by atoms with Crippen molar-refractivity contribution in [1.82, 2.24) is 0 Å². The number of ether oxygens (including phenoxy) is 6. The van der Waals surface area contributed by atoms with E-state index in [-0.39, 0.29) is 43.7 Å². The predicted octanol–water partition coefficient (Wildman–Crippen LogP) is 3.23. The van der Waals surface area contributed by atoms with Gasteiger partial charge in [-0.1, -0.05) is 13.2 Å². The molecule has 0 bridgehead atoms. The van der Waals surface area contributed by atoms with Gasteiger partial charge in [0, 0.05) is 11.1 Å². The Kier molecular flexibility index (Phi) is 15.1. The molecule has 8 nitrogen and oxygen atoms in total. The molecule has 0 aromatic rings. The fourth-order valence-corrected chi connectivity index (χ4v) is 2.03. The maximum Gasteiger partial charge on any atom is 0.333 e. The molecular weight excluding hydrogens is 404 g/mol. The first kappa shape index (κ1) is 29.3. The molecule has 0 N–H and O–H groups in total. The van der Waals surface area contributed by atoms with Gasteiger partial charge in [0.1, 0.15) is 12.7 Å². The molecule has 0 spiro atoms. The third-order valence-corrected chi connectivity index (χ3v) is 3.92. The molecule has 0 aliphatic carbocycles. The smallest absolute Gasteiger partial charge is 0.333 e. The third kappa shape index (κ3) is 15.7. The average molecular weight is 445 g/mol. The normalized spacial score (nSPS) is 16.0. The van der Waals surface area contributed by atoms with Crippen LogP contribution >= 0.6 is 0 Å². The summed E-state index contributed by atoms with van der Waals surface area (Å²) in [5.41, 5.74) is 0.718. The summed E-state index contributed by atoms with van der Waals surface area (Å²) in [5.74, 6) is -0.850. The van der Waals surface area contributed by atoms with Crippen LogP contribution in [0.15, 0.2) is 24.3 Å². The molecule has 0 rings (SSSR count). The van der Waals surface area contributed by atoms with Crippen molar-refractivity contribution in [2.24, 2.45) is 0 Å². The van der Waals surface area contributed by atoms with E-state index in [1.54, 1.807) is 20.8 Å². The summed E-state index contributed by atoms with van der Waals surface area (Å²) in [6.07, 6.45) is -1.01. The maximum atomic E-state index is 11.5. The van der Waals surface area contributed by atoms with Gasteiger partial charge in [-0.15, -0.1) is 0 Å². The van der Waals surface area contributed by atoms with Gasteiger partial charge in [-0.25, -0.2) is 9.59 Å². The van der Waals surface area contributed by atoms with Gasteiger partial charge in [-0.05, 0) is 48.5 Å². The van der Waals surface area contributed by atoms with Crippen LogP contribution in [-0.4, -0.2) is 75.5 Å². The fraction of sp³-hybridized carbons (Fsp3) is 0.739. The van der Waals surface area contributed by atoms with Gasteiger partial charge < -0.3 is 28.4 Å². The van der Waals surface area contributed by atoms with Crippen LogP contribution in [0.25, 0.3) is 0 Å². The largest absolute Gasteiger partial charge is 0.460 e. The molecule has 8 heteroatoms. The number of hydrogen-bond donors (Lipinski definition) is 0. The van der Waals surface area contributed by atoms with Crippen LogP contribution in [0.3, 0.4) is 0 Å². The van der Waals surface area contributed by atoms with Crippen molar-refractivity contribution in [3.05, 3.63) is 24.3 Å². The second-order valence-corrected chi connectivity index (χ2v) is 7.95. The van der Waals surface area contributed by atoms with E-state index < -0.39 is 11.9 Å². The molecule has 0 aromatic heterocycles. The Morgan fingerprint density at radius 1 is 0.581 bits per heavy atom. The SMILES string of the molecule is C=C(C)C(=O)OCC(C)OCC(C)OCC(C)OCC(C)OCC(C)OC(=O)C(=C)C. The van der Waals surface area contributed by atoms with Gasteiger partial charge in [-0.3, -0.25) is 0 Å². The molecule has 0 aliphatic rings. The zero-order valence-electron chi connectivity index (χ0n) is 20.1. The van der Waals surface area contributed by atoms with Crippen LogP contribution in [0, 0.1) is 0 Å². The Morgan fingerprint density at radius 2 is 0.903 bits per heavy atom. The molecule has 180 valence electrons. The Hall–Kier alpha value is -1.74. The summed E-state index contributed by atoms with van der Waals surface area (Å²) in [7, 11) is 0. The van der Waals surface area contributed by atoms with E-state index in [2.05, 4.69) is 13.2 Å². The Balaban J connectivity index is 3.90. The molecule has 5 atom stereocenters. The lowest BCUT2D eigenvalue weighted by Crippen LogP contribution is -2.29. The predicted molar refractivity (Wildman–Crippen MR) is 118 cm³/mol. The molecular formula is C23H40O8. The van der Waals surface area contributed by atoms with Crippen LogP contribution in [0.1, 0.15) is 48.5 Å². The van der Waals surface area contributed by atoms with Crippen molar-refractivity contribution >= 4 is 11.9 Å². The maximum absolute atomic E-state index is 11.5. The molecule has 0 amide bonds. The minimum atomic E-state index is -0.425. The monoisotopic (exact) mass is 444 g/mol. The summed E-state index contributed by atoms with van der Waals surface area (Å²) in [4.78, 5) is 22.8. The highest BCUT2D eigenvalue weighted by Gasteiger charge is 2.15. The van der Waals surface area contributed by atoms with E-state index in [9.17, 15) is 9.59 Å². The fourth-order valence-electron chi connectivity index (χ4n) is 2.03. The minimum Gasteiger partial charge on any atom is -0.460 e. The van der Waals surface area contributed by atoms with E-state index >= 15 is 0 Å². The number of rotatable bonds is 17. The van der Waals surface area contributed by atoms with E-state index in [0.717, 1.165) is 0 Å². The average Bonchev–Trinajstić information content (AvgIpc) is 2.70. The first-order valence-corrected chi connectivity index (χ1v) is 10.6. The first-order valence-electron chi connectivity index (χ1n) is 10.6. The highest BCUT2D eigenvalue weighted by Crippen LogP contribution is 2.05. The van der Waals surface area contributed by atoms with Crippen molar-refractivity contribution in [2.75, 3.05) is 33.0 Å². The number of carbonyl (C=O) groups is 2. The standard InChI is InChI=1S/C23H40O8/c1-15(2)22(24)30-13-20(8)28-11-18(6)26-10-17(5)27-12-19(7)29-14-21(9)31-23(25)16(3)4/h17-21H,1,3,10-14H2,2,4-9H3. The lowest BCUT2D eigenvalue weighted by Gasteiger charge is -2.22. The van der Waals surface area contributed by atoms with Gasteiger partial charge in [0.05, 0.1) is 50.8 Å². The highest BCUT2D eigenvalue weighted by molar-refractivity contribution is 5.87. The van der Waals surface area contributed by atoms with Gasteiger partial charge in [0.15, 0.2) is 0 Å². The van der Waals surface area contributed by atoms with E-state index in [0.29, 0.717) is 31.0 Å². The van der Waals surface area contributed by atoms with Crippen LogP contribution < -0.4 is 0 Å². The molecule has 0 radical (unpaired) electrons. The second kappa shape index (κ2) is 16.0. The van der Waals surface area contributed by atoms with Crippen LogP contribution in [0.5, 0.6) is 0 Å². The van der Waals surface area contributed by atoms with Crippen molar-refractivity contribution in [3.63, 3.8) is 0 Å². The van der Waals surface area contributed by atoms with Gasteiger partial charge in [0.25, 0.3) is 0 Å². The van der Waals surface area contributed by atoms with E-state index in [1.807, 2.05) is 27.7 Å². The second-order valence-electron chi connectivity index (χ2n) is 7.95. The highest BCUT2D eigenvalue weighted by atomic mass is 16.6. The molecule has 0 saturated carbocycles. The molecule has 0 saturated heterocycles. The summed E-state index contributed by atoms with van der Waals surface area (Å²) in [6, 6.07) is 0. The van der Waals surface area contributed by atoms with Crippen LogP contribution in [0.2, 0.25) is 0 Å². The lowest BCUT2D eigenvalue weighted by molar-refractivity contribution is -0.149. The molecule has 0 aliphatic heterocycles. The van der Waals surface area contributed by atoms with Crippen molar-refractivity contribution in [2.45, 2.75) is 79.0 Å². The van der Waals surface area contributed by atoms with Crippen LogP contribution in [-0.2, 0) is 38.0 Å². The van der Waals surface area contributed by atoms with Crippen molar-refractivity contribution in [1.29, 1.82) is 0 Å². The minimum absolute atomic E-state index is 0.124. The molecule has 5 unspecified atom stereocenters. The van der Waals surface area contributed by atoms with Crippen molar-refractivity contribution < 1.29 is 38.0 Å². The Bertz CT molecular complexity index is 574. The Labute approximate surface area is 186 Å². The summed E-state index contributed by atoms with van der Waals surface area (Å²) in [5, 5.41) is 0. The zero-order valence-corrected chi connectivity index (χ0v) is 20.1. The van der Waals surface area contributed by atoms with E-state index in [1.165, 1.54) is 0 Å². The summed E-state index contributed by atoms with van der Waals surface area (Å²) < 4.78 is 33.0. The molecule has 0 fully saturated rings. The number of esters is 2. The van der Waals surface area contributed by atoms with Crippen molar-refractivity contribution in [3.8, 4) is 0 Å². The third-order valence-electron chi connectivity index (χ3n) is 3.92. The van der Waals surface area contributed by atoms with Gasteiger partial charge >= 0.3 is 11.9 Å². The summed E-state index contributed by atoms with van der Waals surface area (Å²) >= 11 is 0. The topological polar surface area (TPSA) is 89.5 Å². The van der Waals surface area contributed by atoms with E-state index in [4.69, 9.17) is 28.4 Å².